The van der Waals surface area contributed by atoms with Gasteiger partial charge >= 0.3 is 0 Å². The van der Waals surface area contributed by atoms with Crippen molar-refractivity contribution in [1.82, 2.24) is 9.97 Å². The molecule has 0 aliphatic rings. The van der Waals surface area contributed by atoms with Gasteiger partial charge in [-0.3, -0.25) is 4.79 Å². The minimum absolute atomic E-state index is 0.255. The van der Waals surface area contributed by atoms with E-state index in [1.807, 2.05) is 48.5 Å². The summed E-state index contributed by atoms with van der Waals surface area (Å²) in [5.41, 5.74) is 2.35. The van der Waals surface area contributed by atoms with Gasteiger partial charge in [0.05, 0.1) is 11.0 Å². The van der Waals surface area contributed by atoms with E-state index in [1.165, 1.54) is 0 Å². The molecule has 94 valence electrons. The summed E-state index contributed by atoms with van der Waals surface area (Å²) in [7, 11) is 0. The van der Waals surface area contributed by atoms with Gasteiger partial charge in [-0.1, -0.05) is 34.1 Å². The first kappa shape index (κ1) is 11.9. The predicted octanol–water partition coefficient (Wildman–Crippen LogP) is 3.58. The van der Waals surface area contributed by atoms with Crippen molar-refractivity contribution in [3.8, 4) is 0 Å². The third-order valence-corrected chi connectivity index (χ3v) is 3.18. The molecule has 3 aromatic rings. The van der Waals surface area contributed by atoms with E-state index >= 15 is 0 Å². The van der Waals surface area contributed by atoms with Crippen LogP contribution in [-0.4, -0.2) is 15.9 Å². The number of rotatable bonds is 2. The van der Waals surface area contributed by atoms with Crippen LogP contribution in [0.25, 0.3) is 11.0 Å². The highest BCUT2D eigenvalue weighted by Gasteiger charge is 2.11. The third-order valence-electron chi connectivity index (χ3n) is 2.69. The van der Waals surface area contributed by atoms with Crippen molar-refractivity contribution in [1.29, 1.82) is 0 Å². The molecular formula is C14H10BrN3O. The first-order chi connectivity index (χ1) is 9.22. The Kier molecular flexibility index (Phi) is 3.05. The lowest BCUT2D eigenvalue weighted by Crippen LogP contribution is -2.13. The number of hydrogen-bond donors (Lipinski definition) is 2. The Labute approximate surface area is 118 Å². The summed E-state index contributed by atoms with van der Waals surface area (Å²) in [6.45, 7) is 0. The van der Waals surface area contributed by atoms with Crippen LogP contribution in [0.1, 0.15) is 10.6 Å². The number of nitrogens with zero attached hydrogens (tertiary/aromatic N) is 1. The molecule has 0 radical (unpaired) electrons. The first-order valence-electron chi connectivity index (χ1n) is 5.74. The highest BCUT2D eigenvalue weighted by atomic mass is 79.9. The summed E-state index contributed by atoms with van der Waals surface area (Å²) >= 11 is 3.36. The van der Waals surface area contributed by atoms with Crippen molar-refractivity contribution in [2.45, 2.75) is 0 Å². The van der Waals surface area contributed by atoms with Crippen LogP contribution in [0, 0.1) is 0 Å². The van der Waals surface area contributed by atoms with Crippen LogP contribution in [0.3, 0.4) is 0 Å². The molecule has 0 saturated heterocycles. The fourth-order valence-corrected chi connectivity index (χ4v) is 2.22. The second kappa shape index (κ2) is 4.85. The lowest BCUT2D eigenvalue weighted by molar-refractivity contribution is 0.101. The van der Waals surface area contributed by atoms with Crippen LogP contribution < -0.4 is 5.32 Å². The van der Waals surface area contributed by atoms with Gasteiger partial charge in [0, 0.05) is 10.2 Å². The summed E-state index contributed by atoms with van der Waals surface area (Å²) in [6.07, 6.45) is 0. The van der Waals surface area contributed by atoms with Gasteiger partial charge in [0.15, 0.2) is 5.82 Å². The van der Waals surface area contributed by atoms with E-state index in [2.05, 4.69) is 31.2 Å². The number of aromatic nitrogens is 2. The Hall–Kier alpha value is -2.14. The maximum atomic E-state index is 12.1. The van der Waals surface area contributed by atoms with Crippen LogP contribution in [0.2, 0.25) is 0 Å². The average Bonchev–Trinajstić information content (AvgIpc) is 2.82. The molecule has 0 bridgehead atoms. The molecule has 5 heteroatoms. The van der Waals surface area contributed by atoms with Gasteiger partial charge in [-0.2, -0.15) is 0 Å². The summed E-state index contributed by atoms with van der Waals surface area (Å²) in [5.74, 6) is 0.0514. The first-order valence-corrected chi connectivity index (χ1v) is 6.53. The third kappa shape index (κ3) is 2.51. The van der Waals surface area contributed by atoms with E-state index in [1.54, 1.807) is 0 Å². The number of nitrogens with one attached hydrogen (secondary N) is 2. The summed E-state index contributed by atoms with van der Waals surface area (Å²) in [6, 6.07) is 15.0. The monoisotopic (exact) mass is 315 g/mol. The Morgan fingerprint density at radius 2 is 2.00 bits per heavy atom. The minimum Gasteiger partial charge on any atom is -0.334 e. The quantitative estimate of drug-likeness (QED) is 0.759. The van der Waals surface area contributed by atoms with E-state index in [0.717, 1.165) is 21.2 Å². The molecule has 0 atom stereocenters. The van der Waals surface area contributed by atoms with Crippen LogP contribution in [0.5, 0.6) is 0 Å². The molecular weight excluding hydrogens is 306 g/mol. The highest BCUT2D eigenvalue weighted by molar-refractivity contribution is 9.10. The number of carbonyl (C=O) groups excluding carboxylic acids is 1. The molecule has 19 heavy (non-hydrogen) atoms. The highest BCUT2D eigenvalue weighted by Crippen LogP contribution is 2.17. The fraction of sp³-hybridized carbons (Fsp3) is 0. The van der Waals surface area contributed by atoms with E-state index in [9.17, 15) is 4.79 Å². The molecule has 0 aliphatic heterocycles. The number of hydrogen-bond acceptors (Lipinski definition) is 2. The molecule has 1 amide bonds. The van der Waals surface area contributed by atoms with E-state index < -0.39 is 0 Å². The zero-order valence-corrected chi connectivity index (χ0v) is 11.4. The SMILES string of the molecule is O=C(Nc1cccc(Br)c1)c1nc2ccccc2[nH]1. The molecule has 1 heterocycles. The Bertz CT molecular complexity index is 718. The molecule has 0 aliphatic carbocycles. The van der Waals surface area contributed by atoms with Gasteiger partial charge in [-0.05, 0) is 30.3 Å². The molecule has 3 rings (SSSR count). The Morgan fingerprint density at radius 1 is 1.16 bits per heavy atom. The number of amides is 1. The molecule has 2 N–H and O–H groups in total. The number of halogens is 1. The molecule has 1 aromatic heterocycles. The number of H-pyrrole nitrogens is 1. The number of aromatic amines is 1. The van der Waals surface area contributed by atoms with Crippen molar-refractivity contribution in [3.63, 3.8) is 0 Å². The topological polar surface area (TPSA) is 57.8 Å². The normalized spacial score (nSPS) is 10.6. The predicted molar refractivity (Wildman–Crippen MR) is 78.2 cm³/mol. The van der Waals surface area contributed by atoms with Gasteiger partial charge in [-0.25, -0.2) is 4.98 Å². The molecule has 0 saturated carbocycles. The maximum Gasteiger partial charge on any atom is 0.291 e. The second-order valence-electron chi connectivity index (χ2n) is 4.07. The smallest absolute Gasteiger partial charge is 0.291 e. The average molecular weight is 316 g/mol. The van der Waals surface area contributed by atoms with Crippen molar-refractivity contribution in [2.24, 2.45) is 0 Å². The Balaban J connectivity index is 1.87. The molecule has 0 unspecified atom stereocenters. The number of benzene rings is 2. The number of imidazole rings is 1. The lowest BCUT2D eigenvalue weighted by atomic mass is 10.3. The molecule has 0 fully saturated rings. The number of carbonyl (C=O) groups is 1. The largest absolute Gasteiger partial charge is 0.334 e. The van der Waals surface area contributed by atoms with Crippen LogP contribution in [-0.2, 0) is 0 Å². The Morgan fingerprint density at radius 3 is 2.79 bits per heavy atom. The van der Waals surface area contributed by atoms with Gasteiger partial charge in [0.1, 0.15) is 0 Å². The zero-order valence-electron chi connectivity index (χ0n) is 9.85. The fourth-order valence-electron chi connectivity index (χ4n) is 1.82. The second-order valence-corrected chi connectivity index (χ2v) is 4.98. The van der Waals surface area contributed by atoms with Crippen LogP contribution >= 0.6 is 15.9 Å². The van der Waals surface area contributed by atoms with Gasteiger partial charge in [0.2, 0.25) is 0 Å². The summed E-state index contributed by atoms with van der Waals surface area (Å²) < 4.78 is 0.912. The van der Waals surface area contributed by atoms with Crippen molar-refractivity contribution in [3.05, 3.63) is 58.8 Å². The van der Waals surface area contributed by atoms with Crippen LogP contribution in [0.4, 0.5) is 5.69 Å². The minimum atomic E-state index is -0.255. The zero-order chi connectivity index (χ0) is 13.2. The number of anilines is 1. The van der Waals surface area contributed by atoms with Crippen molar-refractivity contribution in [2.75, 3.05) is 5.32 Å². The standard InChI is InChI=1S/C14H10BrN3O/c15-9-4-3-5-10(8-9)16-14(19)13-17-11-6-1-2-7-12(11)18-13/h1-8H,(H,16,19)(H,17,18). The van der Waals surface area contributed by atoms with E-state index in [-0.39, 0.29) is 5.91 Å². The van der Waals surface area contributed by atoms with Gasteiger partial charge in [-0.15, -0.1) is 0 Å². The summed E-state index contributed by atoms with van der Waals surface area (Å²) in [5, 5.41) is 2.80. The lowest BCUT2D eigenvalue weighted by Gasteiger charge is -2.02. The molecule has 2 aromatic carbocycles. The number of para-hydroxylation sites is 2. The number of fused-ring (bicyclic) bond motifs is 1. The van der Waals surface area contributed by atoms with Gasteiger partial charge in [0.25, 0.3) is 5.91 Å². The van der Waals surface area contributed by atoms with E-state index in [4.69, 9.17) is 0 Å². The van der Waals surface area contributed by atoms with Crippen molar-refractivity contribution < 1.29 is 4.79 Å². The van der Waals surface area contributed by atoms with Crippen molar-refractivity contribution >= 4 is 38.6 Å². The summed E-state index contributed by atoms with van der Waals surface area (Å²) in [4.78, 5) is 19.3. The maximum absolute atomic E-state index is 12.1. The van der Waals surface area contributed by atoms with E-state index in [0.29, 0.717) is 5.82 Å². The molecule has 4 nitrogen and oxygen atoms in total. The molecule has 0 spiro atoms. The van der Waals surface area contributed by atoms with Crippen LogP contribution in [0.15, 0.2) is 53.0 Å². The van der Waals surface area contributed by atoms with Gasteiger partial charge < -0.3 is 10.3 Å².